The van der Waals surface area contributed by atoms with Crippen LogP contribution in [0.25, 0.3) is 0 Å². The van der Waals surface area contributed by atoms with Crippen molar-refractivity contribution in [1.29, 1.82) is 0 Å². The van der Waals surface area contributed by atoms with Gasteiger partial charge in [0.25, 0.3) is 0 Å². The van der Waals surface area contributed by atoms with Gasteiger partial charge in [-0.3, -0.25) is 4.90 Å². The molecule has 0 fully saturated rings. The van der Waals surface area contributed by atoms with E-state index < -0.39 is 23.9 Å². The number of amides is 4. The number of halogens is 1. The van der Waals surface area contributed by atoms with E-state index in [4.69, 9.17) is 9.47 Å². The van der Waals surface area contributed by atoms with Gasteiger partial charge in [0.05, 0.1) is 23.9 Å². The molecule has 0 aromatic heterocycles. The van der Waals surface area contributed by atoms with E-state index in [1.54, 1.807) is 37.3 Å². The van der Waals surface area contributed by atoms with Crippen LogP contribution < -0.4 is 16.0 Å². The minimum Gasteiger partial charge on any atom is -0.460 e. The molecule has 1 aliphatic rings. The normalized spacial score (nSPS) is 15.5. The number of carbonyl (C=O) groups is 3. The molecule has 1 aliphatic heterocycles. The number of esters is 1. The van der Waals surface area contributed by atoms with Crippen LogP contribution in [0, 0.1) is 5.82 Å². The molecule has 0 bridgehead atoms. The molecule has 2 aromatic rings. The Balaban J connectivity index is 1.79. The predicted molar refractivity (Wildman–Crippen MR) is 129 cm³/mol. The molecule has 0 aliphatic carbocycles. The number of carbonyl (C=O) groups excluding carboxylic acids is 3. The zero-order valence-electron chi connectivity index (χ0n) is 19.9. The number of allylic oxidation sites excluding steroid dienone is 1. The van der Waals surface area contributed by atoms with Crippen LogP contribution in [0.2, 0.25) is 0 Å². The van der Waals surface area contributed by atoms with Gasteiger partial charge in [0.15, 0.2) is 0 Å². The van der Waals surface area contributed by atoms with Gasteiger partial charge in [0.2, 0.25) is 0 Å². The van der Waals surface area contributed by atoms with E-state index in [1.165, 1.54) is 30.2 Å². The average molecular weight is 485 g/mol. The number of benzene rings is 2. The maximum atomic E-state index is 13.8. The minimum atomic E-state index is -0.730. The summed E-state index contributed by atoms with van der Waals surface area (Å²) in [5, 5.41) is 7.95. The second-order valence-electron chi connectivity index (χ2n) is 7.84. The first kappa shape index (κ1) is 25.7. The summed E-state index contributed by atoms with van der Waals surface area (Å²) in [6.07, 6.45) is 0.719. The second kappa shape index (κ2) is 12.0. The van der Waals surface area contributed by atoms with Gasteiger partial charge in [0.1, 0.15) is 12.4 Å². The number of methoxy groups -OCH3 is 1. The molecule has 2 aromatic carbocycles. The fourth-order valence-corrected chi connectivity index (χ4v) is 3.69. The highest BCUT2D eigenvalue weighted by Gasteiger charge is 2.36. The Bertz CT molecular complexity index is 1100. The third kappa shape index (κ3) is 6.36. The highest BCUT2D eigenvalue weighted by Crippen LogP contribution is 2.32. The van der Waals surface area contributed by atoms with Crippen LogP contribution in [0.3, 0.4) is 0 Å². The molecule has 1 heterocycles. The zero-order valence-corrected chi connectivity index (χ0v) is 19.9. The molecule has 0 spiro atoms. The van der Waals surface area contributed by atoms with Crippen LogP contribution in [0.15, 0.2) is 59.8 Å². The highest BCUT2D eigenvalue weighted by atomic mass is 19.1. The molecule has 1 atom stereocenters. The lowest BCUT2D eigenvalue weighted by Gasteiger charge is -2.35. The number of anilines is 2. The van der Waals surface area contributed by atoms with Crippen molar-refractivity contribution in [2.24, 2.45) is 0 Å². The van der Waals surface area contributed by atoms with Crippen molar-refractivity contribution in [2.45, 2.75) is 26.3 Å². The summed E-state index contributed by atoms with van der Waals surface area (Å²) in [4.78, 5) is 39.4. The Morgan fingerprint density at radius 2 is 1.80 bits per heavy atom. The average Bonchev–Trinajstić information content (AvgIpc) is 2.83. The standard InChI is InChI=1S/C25H29FN4O5/c1-4-13-30-16(2)21(23(31)35-15-14-34-3)22(29-25(30)33)17-9-11-18(12-10-17)27-24(32)28-20-8-6-5-7-19(20)26/h5-12,22H,4,13-15H2,1-3H3,(H,29,33)(H2,27,28,32)/t22-/m1/s1. The topological polar surface area (TPSA) is 109 Å². The van der Waals surface area contributed by atoms with Crippen LogP contribution in [-0.4, -0.2) is 49.8 Å². The van der Waals surface area contributed by atoms with Gasteiger partial charge >= 0.3 is 18.0 Å². The van der Waals surface area contributed by atoms with Gasteiger partial charge in [0, 0.05) is 25.0 Å². The van der Waals surface area contributed by atoms with Crippen LogP contribution in [0.1, 0.15) is 31.9 Å². The number of hydrogen-bond acceptors (Lipinski definition) is 5. The summed E-state index contributed by atoms with van der Waals surface area (Å²) < 4.78 is 24.1. The quantitative estimate of drug-likeness (QED) is 0.361. The molecule has 3 rings (SSSR count). The van der Waals surface area contributed by atoms with Crippen molar-refractivity contribution in [1.82, 2.24) is 10.2 Å². The Hall–Kier alpha value is -3.92. The molecule has 186 valence electrons. The smallest absolute Gasteiger partial charge is 0.338 e. The van der Waals surface area contributed by atoms with Crippen molar-refractivity contribution in [3.63, 3.8) is 0 Å². The predicted octanol–water partition coefficient (Wildman–Crippen LogP) is 4.41. The van der Waals surface area contributed by atoms with E-state index in [2.05, 4.69) is 16.0 Å². The summed E-state index contributed by atoms with van der Waals surface area (Å²) >= 11 is 0. The summed E-state index contributed by atoms with van der Waals surface area (Å²) in [7, 11) is 1.51. The summed E-state index contributed by atoms with van der Waals surface area (Å²) in [5.74, 6) is -1.09. The van der Waals surface area contributed by atoms with Gasteiger partial charge in [-0.15, -0.1) is 0 Å². The molecule has 9 nitrogen and oxygen atoms in total. The molecule has 4 amide bonds. The molecule has 0 unspecified atom stereocenters. The number of rotatable bonds is 9. The van der Waals surface area contributed by atoms with Crippen molar-refractivity contribution >= 4 is 29.4 Å². The van der Waals surface area contributed by atoms with Gasteiger partial charge in [-0.2, -0.15) is 0 Å². The van der Waals surface area contributed by atoms with Gasteiger partial charge in [-0.05, 0) is 43.2 Å². The van der Waals surface area contributed by atoms with Gasteiger partial charge in [-0.1, -0.05) is 31.2 Å². The first-order valence-corrected chi connectivity index (χ1v) is 11.2. The number of nitrogens with one attached hydrogen (secondary N) is 3. The van der Waals surface area contributed by atoms with E-state index >= 15 is 0 Å². The van der Waals surface area contributed by atoms with Gasteiger partial charge in [-0.25, -0.2) is 18.8 Å². The van der Waals surface area contributed by atoms with Crippen LogP contribution in [0.4, 0.5) is 25.4 Å². The molecule has 0 radical (unpaired) electrons. The van der Waals surface area contributed by atoms with Crippen LogP contribution in [0.5, 0.6) is 0 Å². The zero-order chi connectivity index (χ0) is 25.4. The Labute approximate surface area is 203 Å². The highest BCUT2D eigenvalue weighted by molar-refractivity contribution is 6.00. The number of ether oxygens (including phenoxy) is 2. The lowest BCUT2D eigenvalue weighted by Crippen LogP contribution is -2.48. The lowest BCUT2D eigenvalue weighted by atomic mass is 9.94. The fraction of sp³-hybridized carbons (Fsp3) is 0.320. The summed E-state index contributed by atoms with van der Waals surface area (Å²) in [6, 6.07) is 10.8. The number of para-hydroxylation sites is 1. The van der Waals surface area contributed by atoms with E-state index in [-0.39, 0.29) is 24.9 Å². The minimum absolute atomic E-state index is 0.0559. The number of urea groups is 2. The third-order valence-electron chi connectivity index (χ3n) is 5.41. The first-order chi connectivity index (χ1) is 16.8. The van der Waals surface area contributed by atoms with Crippen molar-refractivity contribution in [2.75, 3.05) is 37.5 Å². The van der Waals surface area contributed by atoms with Gasteiger partial charge < -0.3 is 25.4 Å². The molecule has 35 heavy (non-hydrogen) atoms. The molecule has 10 heteroatoms. The summed E-state index contributed by atoms with van der Waals surface area (Å²) in [6.45, 7) is 4.46. The fourth-order valence-electron chi connectivity index (χ4n) is 3.69. The lowest BCUT2D eigenvalue weighted by molar-refractivity contribution is -0.140. The Morgan fingerprint density at radius 3 is 2.46 bits per heavy atom. The molecular weight excluding hydrogens is 455 g/mol. The van der Waals surface area contributed by atoms with E-state index in [1.807, 2.05) is 6.92 Å². The van der Waals surface area contributed by atoms with Crippen molar-refractivity contribution < 1.29 is 28.2 Å². The summed E-state index contributed by atoms with van der Waals surface area (Å²) in [5.41, 5.74) is 1.98. The monoisotopic (exact) mass is 484 g/mol. The maximum absolute atomic E-state index is 13.8. The third-order valence-corrected chi connectivity index (χ3v) is 5.41. The SMILES string of the molecule is CCCN1C(=O)N[C@H](c2ccc(NC(=O)Nc3ccccc3F)cc2)C(C(=O)OCCOC)=C1C. The molecule has 0 saturated carbocycles. The molecular formula is C25H29FN4O5. The Morgan fingerprint density at radius 1 is 1.09 bits per heavy atom. The molecule has 0 saturated heterocycles. The maximum Gasteiger partial charge on any atom is 0.338 e. The van der Waals surface area contributed by atoms with E-state index in [0.29, 0.717) is 29.1 Å². The van der Waals surface area contributed by atoms with Crippen molar-refractivity contribution in [3.05, 3.63) is 71.2 Å². The van der Waals surface area contributed by atoms with E-state index in [9.17, 15) is 18.8 Å². The number of hydrogen-bond donors (Lipinski definition) is 3. The Kier molecular flexibility index (Phi) is 8.80. The van der Waals surface area contributed by atoms with E-state index in [0.717, 1.165) is 6.42 Å². The van der Waals surface area contributed by atoms with Crippen molar-refractivity contribution in [3.8, 4) is 0 Å². The van der Waals surface area contributed by atoms with Crippen LogP contribution >= 0.6 is 0 Å². The van der Waals surface area contributed by atoms with Crippen LogP contribution in [-0.2, 0) is 14.3 Å². The largest absolute Gasteiger partial charge is 0.460 e. The second-order valence-corrected chi connectivity index (χ2v) is 7.84. The molecule has 3 N–H and O–H groups in total. The first-order valence-electron chi connectivity index (χ1n) is 11.2. The number of nitrogens with zero attached hydrogens (tertiary/aromatic N) is 1.